The number of anilines is 1. The van der Waals surface area contributed by atoms with Crippen molar-refractivity contribution in [1.82, 2.24) is 5.32 Å². The summed E-state index contributed by atoms with van der Waals surface area (Å²) >= 11 is 0. The fourth-order valence-corrected chi connectivity index (χ4v) is 2.06. The maximum Gasteiger partial charge on any atom is 0.226 e. The van der Waals surface area contributed by atoms with Crippen molar-refractivity contribution in [2.45, 2.75) is 39.0 Å². The molecular formula is C18H27N3O4. The number of benzene rings is 1. The van der Waals surface area contributed by atoms with Crippen LogP contribution in [0.3, 0.4) is 0 Å². The Balaban J connectivity index is 2.27. The van der Waals surface area contributed by atoms with Gasteiger partial charge in [0.15, 0.2) is 0 Å². The topological polar surface area (TPSA) is 111 Å². The predicted octanol–water partition coefficient (Wildman–Crippen LogP) is 1.37. The van der Waals surface area contributed by atoms with E-state index in [0.717, 1.165) is 17.7 Å². The maximum atomic E-state index is 11.7. The van der Waals surface area contributed by atoms with Crippen molar-refractivity contribution < 1.29 is 19.1 Å². The van der Waals surface area contributed by atoms with Crippen molar-refractivity contribution in [2.75, 3.05) is 25.1 Å². The zero-order valence-corrected chi connectivity index (χ0v) is 14.7. The molecule has 0 spiro atoms. The summed E-state index contributed by atoms with van der Waals surface area (Å²) in [7, 11) is 0. The fourth-order valence-electron chi connectivity index (χ4n) is 2.06. The Hall–Kier alpha value is -2.41. The number of carbonyl (C=O) groups excluding carboxylic acids is 3. The molecule has 0 aliphatic heterocycles. The molecule has 7 nitrogen and oxygen atoms in total. The van der Waals surface area contributed by atoms with Gasteiger partial charge in [0.2, 0.25) is 17.7 Å². The van der Waals surface area contributed by atoms with Gasteiger partial charge >= 0.3 is 0 Å². The van der Waals surface area contributed by atoms with Gasteiger partial charge in [-0.25, -0.2) is 0 Å². The van der Waals surface area contributed by atoms with Gasteiger partial charge < -0.3 is 21.1 Å². The van der Waals surface area contributed by atoms with Crippen molar-refractivity contribution in [3.63, 3.8) is 0 Å². The average molecular weight is 349 g/mol. The second-order valence-electron chi connectivity index (χ2n) is 5.67. The van der Waals surface area contributed by atoms with E-state index in [2.05, 4.69) is 10.6 Å². The highest BCUT2D eigenvalue weighted by Crippen LogP contribution is 2.11. The van der Waals surface area contributed by atoms with Gasteiger partial charge in [0.25, 0.3) is 0 Å². The van der Waals surface area contributed by atoms with Gasteiger partial charge in [0, 0.05) is 31.7 Å². The number of hydrogen-bond donors (Lipinski definition) is 3. The third kappa shape index (κ3) is 10.1. The first-order chi connectivity index (χ1) is 12.0. The summed E-state index contributed by atoms with van der Waals surface area (Å²) in [5.41, 5.74) is 6.72. The second-order valence-corrected chi connectivity index (χ2v) is 5.67. The minimum absolute atomic E-state index is 0.0855. The first-order valence-electron chi connectivity index (χ1n) is 8.52. The Morgan fingerprint density at radius 1 is 1.00 bits per heavy atom. The standard InChI is InChI=1S/C18H27N3O4/c1-2-12-25-13-10-18(24)21-15-6-3-14(4-7-15)5-8-17(23)20-11-9-16(19)22/h3-4,6-7H,2,5,8-13H2,1H3,(H2,19,22)(H,20,23)(H,21,24). The number of rotatable bonds is 12. The smallest absolute Gasteiger partial charge is 0.226 e. The molecule has 0 aliphatic carbocycles. The molecule has 138 valence electrons. The van der Waals surface area contributed by atoms with E-state index < -0.39 is 5.91 Å². The number of nitrogens with one attached hydrogen (secondary N) is 2. The van der Waals surface area contributed by atoms with Crippen LogP contribution >= 0.6 is 0 Å². The number of hydrogen-bond acceptors (Lipinski definition) is 4. The molecule has 0 unspecified atom stereocenters. The van der Waals surface area contributed by atoms with Gasteiger partial charge in [-0.2, -0.15) is 0 Å². The number of carbonyl (C=O) groups is 3. The summed E-state index contributed by atoms with van der Waals surface area (Å²) in [4.78, 5) is 34.0. The number of amides is 3. The third-order valence-corrected chi connectivity index (χ3v) is 3.39. The molecule has 0 heterocycles. The van der Waals surface area contributed by atoms with Crippen molar-refractivity contribution in [1.29, 1.82) is 0 Å². The summed E-state index contributed by atoms with van der Waals surface area (Å²) < 4.78 is 5.28. The highest BCUT2D eigenvalue weighted by Gasteiger charge is 2.05. The number of ether oxygens (including phenoxy) is 1. The SMILES string of the molecule is CCCOCCC(=O)Nc1ccc(CCC(=O)NCCC(N)=O)cc1. The van der Waals surface area contributed by atoms with Crippen LogP contribution in [0.25, 0.3) is 0 Å². The molecular weight excluding hydrogens is 322 g/mol. The number of aryl methyl sites for hydroxylation is 1. The van der Waals surface area contributed by atoms with E-state index >= 15 is 0 Å². The van der Waals surface area contributed by atoms with E-state index in [1.807, 2.05) is 31.2 Å². The van der Waals surface area contributed by atoms with Crippen molar-refractivity contribution in [3.8, 4) is 0 Å². The summed E-state index contributed by atoms with van der Waals surface area (Å²) in [6, 6.07) is 7.37. The summed E-state index contributed by atoms with van der Waals surface area (Å²) in [6.45, 7) is 3.37. The lowest BCUT2D eigenvalue weighted by Crippen LogP contribution is -2.27. The Morgan fingerprint density at radius 2 is 1.72 bits per heavy atom. The normalized spacial score (nSPS) is 10.3. The van der Waals surface area contributed by atoms with Crippen molar-refractivity contribution in [3.05, 3.63) is 29.8 Å². The third-order valence-electron chi connectivity index (χ3n) is 3.39. The van der Waals surface area contributed by atoms with Crippen LogP contribution in [-0.2, 0) is 25.5 Å². The van der Waals surface area contributed by atoms with Crippen molar-refractivity contribution in [2.24, 2.45) is 5.73 Å². The lowest BCUT2D eigenvalue weighted by molar-refractivity contribution is -0.121. The molecule has 0 bridgehead atoms. The molecule has 0 aromatic heterocycles. The van der Waals surface area contributed by atoms with E-state index in [9.17, 15) is 14.4 Å². The van der Waals surface area contributed by atoms with Crippen LogP contribution in [-0.4, -0.2) is 37.5 Å². The van der Waals surface area contributed by atoms with Crippen LogP contribution in [0.1, 0.15) is 38.2 Å². The Kier molecular flexibility index (Phi) is 9.92. The van der Waals surface area contributed by atoms with Gasteiger partial charge in [0.1, 0.15) is 0 Å². The maximum absolute atomic E-state index is 11.7. The molecule has 0 saturated heterocycles. The van der Waals surface area contributed by atoms with Crippen LogP contribution < -0.4 is 16.4 Å². The first-order valence-corrected chi connectivity index (χ1v) is 8.52. The molecule has 0 radical (unpaired) electrons. The fraction of sp³-hybridized carbons (Fsp3) is 0.500. The highest BCUT2D eigenvalue weighted by molar-refractivity contribution is 5.90. The minimum Gasteiger partial charge on any atom is -0.381 e. The summed E-state index contributed by atoms with van der Waals surface area (Å²) in [5, 5.41) is 5.45. The van der Waals surface area contributed by atoms with Gasteiger partial charge in [-0.3, -0.25) is 14.4 Å². The first kappa shape index (κ1) is 20.6. The molecule has 4 N–H and O–H groups in total. The lowest BCUT2D eigenvalue weighted by Gasteiger charge is -2.07. The molecule has 1 rings (SSSR count). The minimum atomic E-state index is -0.435. The second kappa shape index (κ2) is 12.0. The monoisotopic (exact) mass is 349 g/mol. The van der Waals surface area contributed by atoms with Crippen LogP contribution in [0.5, 0.6) is 0 Å². The predicted molar refractivity (Wildman–Crippen MR) is 95.9 cm³/mol. The molecule has 0 atom stereocenters. The molecule has 0 fully saturated rings. The quantitative estimate of drug-likeness (QED) is 0.495. The number of primary amides is 1. The van der Waals surface area contributed by atoms with Gasteiger partial charge in [0.05, 0.1) is 13.0 Å². The zero-order chi connectivity index (χ0) is 18.5. The van der Waals surface area contributed by atoms with Crippen LogP contribution in [0.2, 0.25) is 0 Å². The zero-order valence-electron chi connectivity index (χ0n) is 14.7. The van der Waals surface area contributed by atoms with E-state index in [1.165, 1.54) is 0 Å². The molecule has 0 saturated carbocycles. The van der Waals surface area contributed by atoms with Crippen LogP contribution in [0, 0.1) is 0 Å². The van der Waals surface area contributed by atoms with E-state index in [1.54, 1.807) is 0 Å². The van der Waals surface area contributed by atoms with Crippen LogP contribution in [0.15, 0.2) is 24.3 Å². The Bertz CT molecular complexity index is 558. The van der Waals surface area contributed by atoms with Gasteiger partial charge in [-0.05, 0) is 30.5 Å². The highest BCUT2D eigenvalue weighted by atomic mass is 16.5. The lowest BCUT2D eigenvalue weighted by atomic mass is 10.1. The van der Waals surface area contributed by atoms with Gasteiger partial charge in [-0.15, -0.1) is 0 Å². The Labute approximate surface area is 148 Å². The van der Waals surface area contributed by atoms with E-state index in [4.69, 9.17) is 10.5 Å². The van der Waals surface area contributed by atoms with E-state index in [-0.39, 0.29) is 24.8 Å². The molecule has 3 amide bonds. The molecule has 7 heteroatoms. The number of nitrogens with two attached hydrogens (primary N) is 1. The van der Waals surface area contributed by atoms with Crippen LogP contribution in [0.4, 0.5) is 5.69 Å². The molecule has 1 aromatic carbocycles. The van der Waals surface area contributed by atoms with Gasteiger partial charge in [-0.1, -0.05) is 19.1 Å². The largest absolute Gasteiger partial charge is 0.381 e. The molecule has 0 aliphatic rings. The average Bonchev–Trinajstić information content (AvgIpc) is 2.58. The summed E-state index contributed by atoms with van der Waals surface area (Å²) in [6.07, 6.45) is 2.32. The summed E-state index contributed by atoms with van der Waals surface area (Å²) in [5.74, 6) is -0.641. The van der Waals surface area contributed by atoms with Crippen molar-refractivity contribution >= 4 is 23.4 Å². The molecule has 1 aromatic rings. The molecule has 25 heavy (non-hydrogen) atoms. The van der Waals surface area contributed by atoms with E-state index in [0.29, 0.717) is 32.5 Å². The Morgan fingerprint density at radius 3 is 2.36 bits per heavy atom.